The van der Waals surface area contributed by atoms with Crippen LogP contribution in [0.1, 0.15) is 51.0 Å². The third-order valence-electron chi connectivity index (χ3n) is 4.79. The van der Waals surface area contributed by atoms with Crippen molar-refractivity contribution in [1.29, 1.82) is 0 Å². The first kappa shape index (κ1) is 15.8. The number of anilines is 1. The number of carbonyl (C=O) groups is 1. The average Bonchev–Trinajstić information content (AvgIpc) is 2.54. The summed E-state index contributed by atoms with van der Waals surface area (Å²) in [6.45, 7) is 2.04. The number of rotatable bonds is 4. The summed E-state index contributed by atoms with van der Waals surface area (Å²) in [7, 11) is 0. The molecule has 2 aromatic rings. The van der Waals surface area contributed by atoms with E-state index in [-0.39, 0.29) is 11.5 Å². The number of fused-ring (bicyclic) bond motifs is 1. The predicted molar refractivity (Wildman–Crippen MR) is 93.8 cm³/mol. The molecule has 23 heavy (non-hydrogen) atoms. The van der Waals surface area contributed by atoms with Gasteiger partial charge in [0.25, 0.3) is 0 Å². The van der Waals surface area contributed by atoms with E-state index in [2.05, 4.69) is 10.3 Å². The second-order valence-corrected chi connectivity index (χ2v) is 6.53. The van der Waals surface area contributed by atoms with Gasteiger partial charge in [0, 0.05) is 23.6 Å². The highest BCUT2D eigenvalue weighted by molar-refractivity contribution is 5.94. The fourth-order valence-electron chi connectivity index (χ4n) is 3.57. The van der Waals surface area contributed by atoms with Gasteiger partial charge in [0.05, 0.1) is 5.52 Å². The van der Waals surface area contributed by atoms with Gasteiger partial charge in [-0.05, 0) is 42.9 Å². The highest BCUT2D eigenvalue weighted by Gasteiger charge is 2.17. The summed E-state index contributed by atoms with van der Waals surface area (Å²) < 4.78 is 0. The lowest BCUT2D eigenvalue weighted by Gasteiger charge is -2.20. The summed E-state index contributed by atoms with van der Waals surface area (Å²) in [6, 6.07) is 7.39. The Bertz CT molecular complexity index is 758. The van der Waals surface area contributed by atoms with Crippen LogP contribution < -0.4 is 10.9 Å². The first-order chi connectivity index (χ1) is 11.2. The third-order valence-corrected chi connectivity index (χ3v) is 4.79. The highest BCUT2D eigenvalue weighted by atomic mass is 16.1. The Balaban J connectivity index is 1.75. The number of carbonyl (C=O) groups excluding carboxylic acids is 1. The number of hydrogen-bond donors (Lipinski definition) is 2. The van der Waals surface area contributed by atoms with Gasteiger partial charge in [0.1, 0.15) is 0 Å². The molecule has 1 aromatic carbocycles. The molecule has 1 aliphatic carbocycles. The number of pyridine rings is 1. The van der Waals surface area contributed by atoms with Crippen molar-refractivity contribution >= 4 is 22.5 Å². The molecule has 1 aliphatic rings. The molecule has 1 heterocycles. The predicted octanol–water partition coefficient (Wildman–Crippen LogP) is 4.00. The summed E-state index contributed by atoms with van der Waals surface area (Å²) >= 11 is 0. The molecular weight excluding hydrogens is 288 g/mol. The summed E-state index contributed by atoms with van der Waals surface area (Å²) in [5.74, 6) is 0.598. The Morgan fingerprint density at radius 2 is 2.00 bits per heavy atom. The van der Waals surface area contributed by atoms with E-state index in [4.69, 9.17) is 0 Å². The normalized spacial score (nSPS) is 15.7. The van der Waals surface area contributed by atoms with E-state index >= 15 is 0 Å². The fraction of sp³-hybridized carbons (Fsp3) is 0.474. The van der Waals surface area contributed by atoms with Crippen LogP contribution in [-0.2, 0) is 11.2 Å². The minimum atomic E-state index is -0.0972. The molecule has 0 radical (unpaired) electrons. The highest BCUT2D eigenvalue weighted by Crippen LogP contribution is 2.27. The molecule has 0 bridgehead atoms. The molecule has 0 atom stereocenters. The van der Waals surface area contributed by atoms with E-state index in [1.54, 1.807) is 6.07 Å². The number of aromatic nitrogens is 1. The number of H-pyrrole nitrogens is 1. The maximum atomic E-state index is 12.2. The molecule has 1 fully saturated rings. The zero-order valence-electron chi connectivity index (χ0n) is 13.7. The van der Waals surface area contributed by atoms with Crippen molar-refractivity contribution in [1.82, 2.24) is 4.98 Å². The number of amides is 1. The quantitative estimate of drug-likeness (QED) is 0.896. The molecule has 122 valence electrons. The maximum Gasteiger partial charge on any atom is 0.248 e. The SMILES string of the molecule is CCc1cc(=O)[nH]c2cc(NC(=O)CC3CCCCC3)ccc12. The van der Waals surface area contributed by atoms with E-state index in [1.807, 2.05) is 25.1 Å². The van der Waals surface area contributed by atoms with Crippen LogP contribution in [0.3, 0.4) is 0 Å². The average molecular weight is 312 g/mol. The summed E-state index contributed by atoms with van der Waals surface area (Å²) in [6.07, 6.45) is 7.54. The monoisotopic (exact) mass is 312 g/mol. The lowest BCUT2D eigenvalue weighted by atomic mass is 9.87. The van der Waals surface area contributed by atoms with Gasteiger partial charge < -0.3 is 10.3 Å². The molecule has 1 amide bonds. The Hall–Kier alpha value is -2.10. The van der Waals surface area contributed by atoms with Crippen molar-refractivity contribution in [3.05, 3.63) is 40.2 Å². The number of benzene rings is 1. The maximum absolute atomic E-state index is 12.2. The van der Waals surface area contributed by atoms with Crippen LogP contribution in [0.4, 0.5) is 5.69 Å². The third kappa shape index (κ3) is 3.81. The Morgan fingerprint density at radius 1 is 1.22 bits per heavy atom. The van der Waals surface area contributed by atoms with Gasteiger partial charge in [-0.15, -0.1) is 0 Å². The lowest BCUT2D eigenvalue weighted by molar-refractivity contribution is -0.117. The molecular formula is C19H24N2O2. The van der Waals surface area contributed by atoms with Crippen LogP contribution in [0.5, 0.6) is 0 Å². The van der Waals surface area contributed by atoms with Crippen LogP contribution >= 0.6 is 0 Å². The number of nitrogens with one attached hydrogen (secondary N) is 2. The van der Waals surface area contributed by atoms with Gasteiger partial charge in [0.2, 0.25) is 11.5 Å². The lowest BCUT2D eigenvalue weighted by Crippen LogP contribution is -2.18. The van der Waals surface area contributed by atoms with Crippen molar-refractivity contribution < 1.29 is 4.79 Å². The number of aryl methyl sites for hydroxylation is 1. The van der Waals surface area contributed by atoms with E-state index < -0.39 is 0 Å². The van der Waals surface area contributed by atoms with Crippen LogP contribution in [-0.4, -0.2) is 10.9 Å². The molecule has 1 aromatic heterocycles. The first-order valence-corrected chi connectivity index (χ1v) is 8.61. The van der Waals surface area contributed by atoms with Gasteiger partial charge in [0.15, 0.2) is 0 Å². The van der Waals surface area contributed by atoms with Crippen molar-refractivity contribution in [2.75, 3.05) is 5.32 Å². The van der Waals surface area contributed by atoms with Gasteiger partial charge in [-0.2, -0.15) is 0 Å². The van der Waals surface area contributed by atoms with Crippen LogP contribution in [0, 0.1) is 5.92 Å². The molecule has 4 nitrogen and oxygen atoms in total. The number of aromatic amines is 1. The van der Waals surface area contributed by atoms with Crippen molar-refractivity contribution in [2.45, 2.75) is 51.9 Å². The second kappa shape index (κ2) is 6.99. The zero-order valence-corrected chi connectivity index (χ0v) is 13.7. The summed E-state index contributed by atoms with van der Waals surface area (Å²) in [4.78, 5) is 26.8. The smallest absolute Gasteiger partial charge is 0.248 e. The van der Waals surface area contributed by atoms with Gasteiger partial charge in [-0.3, -0.25) is 9.59 Å². The molecule has 0 unspecified atom stereocenters. The van der Waals surface area contributed by atoms with E-state index in [0.717, 1.165) is 41.4 Å². The van der Waals surface area contributed by atoms with Crippen LogP contribution in [0.2, 0.25) is 0 Å². The van der Waals surface area contributed by atoms with Crippen molar-refractivity contribution in [2.24, 2.45) is 5.92 Å². The zero-order chi connectivity index (χ0) is 16.2. The van der Waals surface area contributed by atoms with E-state index in [9.17, 15) is 9.59 Å². The minimum absolute atomic E-state index is 0.0743. The summed E-state index contributed by atoms with van der Waals surface area (Å²) in [5, 5.41) is 4.02. The van der Waals surface area contributed by atoms with E-state index in [0.29, 0.717) is 12.3 Å². The van der Waals surface area contributed by atoms with Crippen LogP contribution in [0.25, 0.3) is 10.9 Å². The topological polar surface area (TPSA) is 62.0 Å². The van der Waals surface area contributed by atoms with Gasteiger partial charge >= 0.3 is 0 Å². The van der Waals surface area contributed by atoms with Gasteiger partial charge in [-0.1, -0.05) is 32.3 Å². The van der Waals surface area contributed by atoms with Crippen molar-refractivity contribution in [3.63, 3.8) is 0 Å². The van der Waals surface area contributed by atoms with Gasteiger partial charge in [-0.25, -0.2) is 0 Å². The molecule has 1 saturated carbocycles. The summed E-state index contributed by atoms with van der Waals surface area (Å²) in [5.41, 5.74) is 2.47. The van der Waals surface area contributed by atoms with Crippen molar-refractivity contribution in [3.8, 4) is 0 Å². The molecule has 2 N–H and O–H groups in total. The molecule has 0 spiro atoms. The largest absolute Gasteiger partial charge is 0.326 e. The molecule has 3 rings (SSSR count). The Labute approximate surface area is 136 Å². The standard InChI is InChI=1S/C19H24N2O2/c1-2-14-11-19(23)21-17-12-15(8-9-16(14)17)20-18(22)10-13-6-4-3-5-7-13/h8-9,11-13H,2-7,10H2,1H3,(H,20,22)(H,21,23). The van der Waals surface area contributed by atoms with E-state index in [1.165, 1.54) is 19.3 Å². The molecule has 0 saturated heterocycles. The van der Waals surface area contributed by atoms with Crippen LogP contribution in [0.15, 0.2) is 29.1 Å². The molecule has 0 aliphatic heterocycles. The Morgan fingerprint density at radius 3 is 2.74 bits per heavy atom. The molecule has 4 heteroatoms. The second-order valence-electron chi connectivity index (χ2n) is 6.53. The first-order valence-electron chi connectivity index (χ1n) is 8.61. The Kier molecular flexibility index (Phi) is 4.79. The fourth-order valence-corrected chi connectivity index (χ4v) is 3.57. The number of hydrogen-bond acceptors (Lipinski definition) is 2. The minimum Gasteiger partial charge on any atom is -0.326 e.